The third kappa shape index (κ3) is 4.29. The maximum Gasteiger partial charge on any atom is 0.401 e. The van der Waals surface area contributed by atoms with E-state index in [-0.39, 0.29) is 11.8 Å². The van der Waals surface area contributed by atoms with Crippen LogP contribution in [0.4, 0.5) is 19.0 Å². The van der Waals surface area contributed by atoms with E-state index in [9.17, 15) is 18.3 Å². The van der Waals surface area contributed by atoms with E-state index >= 15 is 0 Å². The van der Waals surface area contributed by atoms with Crippen molar-refractivity contribution in [3.05, 3.63) is 42.1 Å². The first kappa shape index (κ1) is 19.5. The zero-order chi connectivity index (χ0) is 20.6. The number of nitrogens with zero attached hydrogens (tertiary/aromatic N) is 4. The number of phenols is 1. The van der Waals surface area contributed by atoms with Gasteiger partial charge in [0.15, 0.2) is 11.6 Å². The van der Waals surface area contributed by atoms with Crippen LogP contribution >= 0.6 is 0 Å². The quantitative estimate of drug-likeness (QED) is 0.690. The van der Waals surface area contributed by atoms with Gasteiger partial charge in [0.05, 0.1) is 17.6 Å². The minimum atomic E-state index is -4.20. The molecule has 0 bridgehead atoms. The van der Waals surface area contributed by atoms with Gasteiger partial charge in [0.1, 0.15) is 5.75 Å². The zero-order valence-electron chi connectivity index (χ0n) is 15.9. The number of likely N-dealkylation sites (tertiary alicyclic amines) is 1. The summed E-state index contributed by atoms with van der Waals surface area (Å²) in [5, 5.41) is 22.1. The molecule has 1 aromatic carbocycles. The van der Waals surface area contributed by atoms with Crippen molar-refractivity contribution in [2.24, 2.45) is 0 Å². The molecule has 3 heterocycles. The predicted octanol–water partition coefficient (Wildman–Crippen LogP) is 3.85. The molecule has 29 heavy (non-hydrogen) atoms. The maximum atomic E-state index is 12.7. The highest BCUT2D eigenvalue weighted by molar-refractivity contribution is 5.74. The molecule has 2 aromatic heterocycles. The Balaban J connectivity index is 1.59. The average molecular weight is 405 g/mol. The number of aromatic hydroxyl groups is 1. The molecule has 1 fully saturated rings. The van der Waals surface area contributed by atoms with E-state index in [1.54, 1.807) is 12.1 Å². The van der Waals surface area contributed by atoms with Crippen molar-refractivity contribution in [1.82, 2.24) is 19.5 Å². The SMILES string of the molecule is Cc1ccc(-c2nnc(N[C@@H]3CCCN(CC(F)(F)F)C3)c3cccn23)c(O)c1. The molecule has 0 unspecified atom stereocenters. The Morgan fingerprint density at radius 1 is 1.24 bits per heavy atom. The normalized spacial score (nSPS) is 18.3. The smallest absolute Gasteiger partial charge is 0.401 e. The Morgan fingerprint density at radius 2 is 2.07 bits per heavy atom. The van der Waals surface area contributed by atoms with Gasteiger partial charge in [-0.2, -0.15) is 13.2 Å². The highest BCUT2D eigenvalue weighted by atomic mass is 19.4. The molecule has 0 spiro atoms. The molecular weight excluding hydrogens is 383 g/mol. The second kappa shape index (κ2) is 7.55. The Hall–Kier alpha value is -2.81. The van der Waals surface area contributed by atoms with Crippen molar-refractivity contribution < 1.29 is 18.3 Å². The standard InChI is InChI=1S/C20H22F3N5O/c1-13-6-7-15(17(29)10-13)19-26-25-18(16-5-3-9-28(16)19)24-14-4-2-8-27(11-14)12-20(21,22)23/h3,5-7,9-10,14,29H,2,4,8,11-12H2,1H3,(H,24,25)/t14-/m1/s1. The molecular formula is C20H22F3N5O. The van der Waals surface area contributed by atoms with Crippen molar-refractivity contribution in [2.45, 2.75) is 32.0 Å². The minimum Gasteiger partial charge on any atom is -0.507 e. The minimum absolute atomic E-state index is 0.116. The van der Waals surface area contributed by atoms with Gasteiger partial charge in [-0.1, -0.05) is 6.07 Å². The van der Waals surface area contributed by atoms with Gasteiger partial charge in [-0.15, -0.1) is 10.2 Å². The van der Waals surface area contributed by atoms with Crippen LogP contribution in [0.15, 0.2) is 36.5 Å². The first-order chi connectivity index (χ1) is 13.8. The van der Waals surface area contributed by atoms with Crippen LogP contribution in [0.2, 0.25) is 0 Å². The van der Waals surface area contributed by atoms with Crippen LogP contribution in [-0.2, 0) is 0 Å². The molecule has 0 aliphatic carbocycles. The average Bonchev–Trinajstić information content (AvgIpc) is 3.12. The Bertz CT molecular complexity index is 1020. The molecule has 1 aliphatic rings. The fourth-order valence-corrected chi connectivity index (χ4v) is 3.84. The number of anilines is 1. The summed E-state index contributed by atoms with van der Waals surface area (Å²) in [6, 6.07) is 8.90. The number of fused-ring (bicyclic) bond motifs is 1. The molecule has 6 nitrogen and oxygen atoms in total. The lowest BCUT2D eigenvalue weighted by atomic mass is 10.1. The summed E-state index contributed by atoms with van der Waals surface area (Å²) < 4.78 is 40.0. The summed E-state index contributed by atoms with van der Waals surface area (Å²) in [5.74, 6) is 1.13. The summed E-state index contributed by atoms with van der Waals surface area (Å²) in [6.45, 7) is 1.73. The molecule has 4 rings (SSSR count). The van der Waals surface area contributed by atoms with E-state index in [1.807, 2.05) is 35.7 Å². The number of benzene rings is 1. The van der Waals surface area contributed by atoms with Crippen LogP contribution in [-0.4, -0.2) is 56.5 Å². The molecule has 2 N–H and O–H groups in total. The second-order valence-corrected chi connectivity index (χ2v) is 7.49. The Labute approximate surface area is 166 Å². The molecule has 9 heteroatoms. The third-order valence-electron chi connectivity index (χ3n) is 5.11. The number of hydrogen-bond donors (Lipinski definition) is 2. The van der Waals surface area contributed by atoms with Gasteiger partial charge >= 0.3 is 6.18 Å². The van der Waals surface area contributed by atoms with Gasteiger partial charge in [0.2, 0.25) is 0 Å². The zero-order valence-corrected chi connectivity index (χ0v) is 15.9. The van der Waals surface area contributed by atoms with Gasteiger partial charge in [-0.05, 0) is 56.1 Å². The molecule has 0 saturated carbocycles. The first-order valence-electron chi connectivity index (χ1n) is 9.49. The number of rotatable bonds is 4. The number of aromatic nitrogens is 3. The van der Waals surface area contributed by atoms with Gasteiger partial charge in [0, 0.05) is 18.8 Å². The monoisotopic (exact) mass is 405 g/mol. The van der Waals surface area contributed by atoms with Crippen LogP contribution in [0.25, 0.3) is 16.9 Å². The topological polar surface area (TPSA) is 65.7 Å². The van der Waals surface area contributed by atoms with Crippen LogP contribution in [0.3, 0.4) is 0 Å². The third-order valence-corrected chi connectivity index (χ3v) is 5.11. The number of phenolic OH excluding ortho intramolecular Hbond substituents is 1. The van der Waals surface area contributed by atoms with E-state index < -0.39 is 12.7 Å². The van der Waals surface area contributed by atoms with E-state index in [0.717, 1.165) is 17.5 Å². The molecule has 1 atom stereocenters. The summed E-state index contributed by atoms with van der Waals surface area (Å²) in [5.41, 5.74) is 2.25. The lowest BCUT2D eigenvalue weighted by molar-refractivity contribution is -0.147. The van der Waals surface area contributed by atoms with E-state index in [4.69, 9.17) is 0 Å². The summed E-state index contributed by atoms with van der Waals surface area (Å²) in [6.07, 6.45) is -0.925. The fourth-order valence-electron chi connectivity index (χ4n) is 3.84. The van der Waals surface area contributed by atoms with Crippen LogP contribution in [0.5, 0.6) is 5.75 Å². The largest absolute Gasteiger partial charge is 0.507 e. The van der Waals surface area contributed by atoms with Crippen molar-refractivity contribution in [2.75, 3.05) is 25.0 Å². The van der Waals surface area contributed by atoms with Crippen molar-refractivity contribution >= 4 is 11.3 Å². The first-order valence-corrected chi connectivity index (χ1v) is 9.49. The van der Waals surface area contributed by atoms with Crippen molar-refractivity contribution in [3.8, 4) is 17.1 Å². The molecule has 0 amide bonds. The number of nitrogens with one attached hydrogen (secondary N) is 1. The Kier molecular flexibility index (Phi) is 5.08. The van der Waals surface area contributed by atoms with Gasteiger partial charge in [-0.25, -0.2) is 0 Å². The van der Waals surface area contributed by atoms with Crippen molar-refractivity contribution in [3.63, 3.8) is 0 Å². The van der Waals surface area contributed by atoms with E-state index in [0.29, 0.717) is 36.7 Å². The summed E-state index contributed by atoms with van der Waals surface area (Å²) in [7, 11) is 0. The number of aryl methyl sites for hydroxylation is 1. The number of piperidine rings is 1. The highest BCUT2D eigenvalue weighted by Gasteiger charge is 2.33. The number of alkyl halides is 3. The second-order valence-electron chi connectivity index (χ2n) is 7.49. The predicted molar refractivity (Wildman–Crippen MR) is 104 cm³/mol. The van der Waals surface area contributed by atoms with Crippen LogP contribution in [0.1, 0.15) is 18.4 Å². The van der Waals surface area contributed by atoms with Gasteiger partial charge in [-0.3, -0.25) is 9.30 Å². The van der Waals surface area contributed by atoms with E-state index in [1.165, 1.54) is 4.90 Å². The molecule has 0 radical (unpaired) electrons. The number of halogens is 3. The fraction of sp³-hybridized carbons (Fsp3) is 0.400. The molecule has 3 aromatic rings. The Morgan fingerprint density at radius 3 is 2.83 bits per heavy atom. The maximum absolute atomic E-state index is 12.7. The van der Waals surface area contributed by atoms with Crippen molar-refractivity contribution in [1.29, 1.82) is 0 Å². The van der Waals surface area contributed by atoms with Crippen LogP contribution < -0.4 is 5.32 Å². The summed E-state index contributed by atoms with van der Waals surface area (Å²) in [4.78, 5) is 1.42. The molecule has 1 aliphatic heterocycles. The lowest BCUT2D eigenvalue weighted by Crippen LogP contribution is -2.46. The molecule has 1 saturated heterocycles. The van der Waals surface area contributed by atoms with E-state index in [2.05, 4.69) is 15.5 Å². The van der Waals surface area contributed by atoms with Gasteiger partial charge < -0.3 is 10.4 Å². The number of hydrogen-bond acceptors (Lipinski definition) is 5. The lowest BCUT2D eigenvalue weighted by Gasteiger charge is -2.33. The molecule has 154 valence electrons. The highest BCUT2D eigenvalue weighted by Crippen LogP contribution is 2.30. The summed E-state index contributed by atoms with van der Waals surface area (Å²) >= 11 is 0. The van der Waals surface area contributed by atoms with Gasteiger partial charge in [0.25, 0.3) is 0 Å². The van der Waals surface area contributed by atoms with Crippen LogP contribution in [0, 0.1) is 6.92 Å².